The van der Waals surface area contributed by atoms with E-state index in [0.717, 1.165) is 25.7 Å². The van der Waals surface area contributed by atoms with Crippen LogP contribution in [0.3, 0.4) is 0 Å². The number of benzene rings is 2. The first-order chi connectivity index (χ1) is 9.76. The smallest absolute Gasteiger partial charge is 0.0114 e. The SMILES string of the molecule is CCc1ccc(CC(N)C2Cc3ccccc3C2)cc1. The molecule has 1 aliphatic rings. The molecule has 0 spiro atoms. The van der Waals surface area contributed by atoms with Crippen LogP contribution in [-0.4, -0.2) is 6.04 Å². The van der Waals surface area contributed by atoms with E-state index in [1.807, 2.05) is 0 Å². The molecule has 0 saturated carbocycles. The van der Waals surface area contributed by atoms with Crippen LogP contribution in [0.4, 0.5) is 0 Å². The Kier molecular flexibility index (Phi) is 3.88. The first-order valence-corrected chi connectivity index (χ1v) is 7.66. The molecule has 104 valence electrons. The number of nitrogens with two attached hydrogens (primary N) is 1. The molecule has 2 aromatic rings. The van der Waals surface area contributed by atoms with Crippen LogP contribution in [0.1, 0.15) is 29.2 Å². The summed E-state index contributed by atoms with van der Waals surface area (Å²) in [7, 11) is 0. The number of fused-ring (bicyclic) bond motifs is 1. The Balaban J connectivity index is 1.64. The average Bonchev–Trinajstić information content (AvgIpc) is 2.92. The Morgan fingerprint density at radius 1 is 0.950 bits per heavy atom. The molecule has 0 aromatic heterocycles. The van der Waals surface area contributed by atoms with Gasteiger partial charge in [-0.2, -0.15) is 0 Å². The van der Waals surface area contributed by atoms with Gasteiger partial charge in [-0.05, 0) is 53.9 Å². The van der Waals surface area contributed by atoms with Crippen LogP contribution in [0.25, 0.3) is 0 Å². The zero-order chi connectivity index (χ0) is 13.9. The summed E-state index contributed by atoms with van der Waals surface area (Å²) < 4.78 is 0. The fourth-order valence-electron chi connectivity index (χ4n) is 3.25. The minimum absolute atomic E-state index is 0.259. The van der Waals surface area contributed by atoms with Crippen LogP contribution in [0.5, 0.6) is 0 Å². The van der Waals surface area contributed by atoms with Crippen LogP contribution < -0.4 is 5.73 Å². The monoisotopic (exact) mass is 265 g/mol. The second-order valence-electron chi connectivity index (χ2n) is 5.98. The molecule has 1 heteroatoms. The largest absolute Gasteiger partial charge is 0.327 e. The van der Waals surface area contributed by atoms with Crippen LogP contribution in [0.2, 0.25) is 0 Å². The summed E-state index contributed by atoms with van der Waals surface area (Å²) in [5, 5.41) is 0. The number of hydrogen-bond acceptors (Lipinski definition) is 1. The predicted octanol–water partition coefficient (Wildman–Crippen LogP) is 3.53. The molecule has 0 heterocycles. The lowest BCUT2D eigenvalue weighted by atomic mass is 9.91. The quantitative estimate of drug-likeness (QED) is 0.899. The van der Waals surface area contributed by atoms with Gasteiger partial charge >= 0.3 is 0 Å². The maximum Gasteiger partial charge on any atom is 0.0114 e. The van der Waals surface area contributed by atoms with Gasteiger partial charge in [-0.15, -0.1) is 0 Å². The summed E-state index contributed by atoms with van der Waals surface area (Å²) in [6.07, 6.45) is 4.38. The molecule has 3 rings (SSSR count). The number of aryl methyl sites for hydroxylation is 1. The molecule has 1 nitrogen and oxygen atoms in total. The van der Waals surface area contributed by atoms with Crippen molar-refractivity contribution in [2.24, 2.45) is 11.7 Å². The summed E-state index contributed by atoms with van der Waals surface area (Å²) in [5.74, 6) is 0.596. The van der Waals surface area contributed by atoms with Gasteiger partial charge in [-0.1, -0.05) is 55.5 Å². The lowest BCUT2D eigenvalue weighted by molar-refractivity contribution is 0.437. The van der Waals surface area contributed by atoms with Gasteiger partial charge in [0.25, 0.3) is 0 Å². The molecule has 1 unspecified atom stereocenters. The standard InChI is InChI=1S/C19H23N/c1-2-14-7-9-15(10-8-14)11-19(20)18-12-16-5-3-4-6-17(16)13-18/h3-10,18-19H,2,11-13,20H2,1H3. The van der Waals surface area contributed by atoms with Gasteiger partial charge in [-0.3, -0.25) is 0 Å². The van der Waals surface area contributed by atoms with Crippen LogP contribution in [-0.2, 0) is 25.7 Å². The second-order valence-corrected chi connectivity index (χ2v) is 5.98. The van der Waals surface area contributed by atoms with Crippen molar-refractivity contribution in [1.82, 2.24) is 0 Å². The maximum absolute atomic E-state index is 6.46. The zero-order valence-corrected chi connectivity index (χ0v) is 12.2. The molecule has 20 heavy (non-hydrogen) atoms. The van der Waals surface area contributed by atoms with Crippen molar-refractivity contribution in [3.05, 3.63) is 70.8 Å². The fourth-order valence-corrected chi connectivity index (χ4v) is 3.25. The van der Waals surface area contributed by atoms with E-state index in [4.69, 9.17) is 5.73 Å². The van der Waals surface area contributed by atoms with Gasteiger partial charge in [-0.25, -0.2) is 0 Å². The van der Waals surface area contributed by atoms with E-state index >= 15 is 0 Å². The first-order valence-electron chi connectivity index (χ1n) is 7.66. The molecule has 0 saturated heterocycles. The highest BCUT2D eigenvalue weighted by molar-refractivity contribution is 5.33. The van der Waals surface area contributed by atoms with Gasteiger partial charge in [0.1, 0.15) is 0 Å². The molecule has 0 bridgehead atoms. The summed E-state index contributed by atoms with van der Waals surface area (Å²) >= 11 is 0. The van der Waals surface area contributed by atoms with Gasteiger partial charge in [0, 0.05) is 6.04 Å². The Labute approximate surface area is 121 Å². The van der Waals surface area contributed by atoms with Crippen molar-refractivity contribution in [1.29, 1.82) is 0 Å². The van der Waals surface area contributed by atoms with Crippen molar-refractivity contribution in [3.8, 4) is 0 Å². The van der Waals surface area contributed by atoms with Gasteiger partial charge in [0.2, 0.25) is 0 Å². The third-order valence-electron chi connectivity index (χ3n) is 4.59. The lowest BCUT2D eigenvalue weighted by Crippen LogP contribution is -2.32. The molecule has 2 N–H and O–H groups in total. The molecule has 0 aliphatic heterocycles. The van der Waals surface area contributed by atoms with Crippen LogP contribution >= 0.6 is 0 Å². The summed E-state index contributed by atoms with van der Waals surface area (Å²) in [4.78, 5) is 0. The van der Waals surface area contributed by atoms with E-state index in [1.165, 1.54) is 22.3 Å². The Hall–Kier alpha value is -1.60. The summed E-state index contributed by atoms with van der Waals surface area (Å²) in [6.45, 7) is 2.19. The molecular weight excluding hydrogens is 242 g/mol. The van der Waals surface area contributed by atoms with E-state index in [-0.39, 0.29) is 6.04 Å². The van der Waals surface area contributed by atoms with Crippen molar-refractivity contribution in [2.45, 2.75) is 38.6 Å². The first kappa shape index (κ1) is 13.4. The van der Waals surface area contributed by atoms with E-state index in [9.17, 15) is 0 Å². The van der Waals surface area contributed by atoms with E-state index in [1.54, 1.807) is 0 Å². The van der Waals surface area contributed by atoms with Crippen LogP contribution in [0.15, 0.2) is 48.5 Å². The molecule has 0 fully saturated rings. The third-order valence-corrected chi connectivity index (χ3v) is 4.59. The number of hydrogen-bond donors (Lipinski definition) is 1. The molecule has 1 atom stereocenters. The zero-order valence-electron chi connectivity index (χ0n) is 12.2. The van der Waals surface area contributed by atoms with E-state index in [2.05, 4.69) is 55.5 Å². The highest BCUT2D eigenvalue weighted by Crippen LogP contribution is 2.29. The Bertz CT molecular complexity index is 546. The third kappa shape index (κ3) is 2.78. The van der Waals surface area contributed by atoms with Crippen molar-refractivity contribution >= 4 is 0 Å². The lowest BCUT2D eigenvalue weighted by Gasteiger charge is -2.19. The molecule has 1 aliphatic carbocycles. The molecular formula is C19H23N. The van der Waals surface area contributed by atoms with Crippen molar-refractivity contribution in [3.63, 3.8) is 0 Å². The predicted molar refractivity (Wildman–Crippen MR) is 84.8 cm³/mol. The average molecular weight is 265 g/mol. The highest BCUT2D eigenvalue weighted by Gasteiger charge is 2.26. The van der Waals surface area contributed by atoms with E-state index in [0.29, 0.717) is 5.92 Å². The van der Waals surface area contributed by atoms with Crippen LogP contribution in [0, 0.1) is 5.92 Å². The Morgan fingerprint density at radius 2 is 1.50 bits per heavy atom. The summed E-state index contributed by atoms with van der Waals surface area (Å²) in [6, 6.07) is 18.0. The summed E-state index contributed by atoms with van der Waals surface area (Å²) in [5.41, 5.74) is 12.2. The minimum atomic E-state index is 0.259. The normalized spacial score (nSPS) is 16.1. The molecule has 0 radical (unpaired) electrons. The molecule has 0 amide bonds. The van der Waals surface area contributed by atoms with Crippen molar-refractivity contribution in [2.75, 3.05) is 0 Å². The van der Waals surface area contributed by atoms with Crippen molar-refractivity contribution < 1.29 is 0 Å². The topological polar surface area (TPSA) is 26.0 Å². The maximum atomic E-state index is 6.46. The minimum Gasteiger partial charge on any atom is -0.327 e. The Morgan fingerprint density at radius 3 is 2.05 bits per heavy atom. The van der Waals surface area contributed by atoms with Gasteiger partial charge in [0.05, 0.1) is 0 Å². The van der Waals surface area contributed by atoms with Gasteiger partial charge in [0.15, 0.2) is 0 Å². The fraction of sp³-hybridized carbons (Fsp3) is 0.368. The van der Waals surface area contributed by atoms with E-state index < -0.39 is 0 Å². The van der Waals surface area contributed by atoms with Gasteiger partial charge < -0.3 is 5.73 Å². The molecule has 2 aromatic carbocycles. The number of rotatable bonds is 4. The second kappa shape index (κ2) is 5.80. The highest BCUT2D eigenvalue weighted by atomic mass is 14.7.